The van der Waals surface area contributed by atoms with E-state index in [1.165, 1.54) is 64.7 Å². The van der Waals surface area contributed by atoms with E-state index >= 15 is 0 Å². The van der Waals surface area contributed by atoms with Gasteiger partial charge in [0.05, 0.1) is 13.2 Å². The van der Waals surface area contributed by atoms with E-state index in [4.69, 9.17) is 4.74 Å². The van der Waals surface area contributed by atoms with E-state index in [2.05, 4.69) is 37.0 Å². The summed E-state index contributed by atoms with van der Waals surface area (Å²) in [5.41, 5.74) is 0.298. The second-order valence-corrected chi connectivity index (χ2v) is 9.51. The van der Waals surface area contributed by atoms with Crippen LogP contribution in [0.1, 0.15) is 38.5 Å². The molecule has 0 amide bonds. The maximum Gasteiger partial charge on any atom is 0.193 e. The molecule has 4 fully saturated rings. The fourth-order valence-electron chi connectivity index (χ4n) is 5.76. The number of ether oxygens (including phenoxy) is 1. The Balaban J connectivity index is 0.00000256. The predicted octanol–water partition coefficient (Wildman–Crippen LogP) is 1.54. The van der Waals surface area contributed by atoms with Gasteiger partial charge in [0, 0.05) is 51.4 Å². The quantitative estimate of drug-likeness (QED) is 0.336. The van der Waals surface area contributed by atoms with Gasteiger partial charge in [0.25, 0.3) is 0 Å². The van der Waals surface area contributed by atoms with Gasteiger partial charge in [-0.1, -0.05) is 6.42 Å². The smallest absolute Gasteiger partial charge is 0.193 e. The lowest BCUT2D eigenvalue weighted by Gasteiger charge is -2.50. The van der Waals surface area contributed by atoms with Gasteiger partial charge in [-0.3, -0.25) is 14.8 Å². The summed E-state index contributed by atoms with van der Waals surface area (Å²) in [6.45, 7) is 12.1. The van der Waals surface area contributed by atoms with Gasteiger partial charge in [-0.25, -0.2) is 0 Å². The van der Waals surface area contributed by atoms with Crippen LogP contribution in [0.4, 0.5) is 0 Å². The Labute approximate surface area is 200 Å². The summed E-state index contributed by atoms with van der Waals surface area (Å²) >= 11 is 0. The molecule has 8 heteroatoms. The fraction of sp³-hybridized carbons (Fsp3) is 0.955. The van der Waals surface area contributed by atoms with Crippen molar-refractivity contribution in [3.05, 3.63) is 0 Å². The van der Waals surface area contributed by atoms with Crippen molar-refractivity contribution in [2.24, 2.45) is 4.99 Å². The zero-order valence-corrected chi connectivity index (χ0v) is 21.5. The normalized spacial score (nSPS) is 29.6. The average Bonchev–Trinajstić information content (AvgIpc) is 3.27. The standard InChI is InChI=1S/C22H42N6O.HI/c1-23-21(27-11-6-20(18-27)26-14-16-29-17-15-26)24-19-22(7-12-25(2)13-8-22)28-9-4-3-5-10-28;/h20H,3-19H2,1-2H3,(H,23,24);1H. The monoisotopic (exact) mass is 534 g/mol. The van der Waals surface area contributed by atoms with Gasteiger partial charge < -0.3 is 19.9 Å². The minimum atomic E-state index is 0. The van der Waals surface area contributed by atoms with Crippen LogP contribution in [0.25, 0.3) is 0 Å². The number of guanidine groups is 1. The summed E-state index contributed by atoms with van der Waals surface area (Å²) in [5, 5.41) is 3.83. The molecule has 30 heavy (non-hydrogen) atoms. The van der Waals surface area contributed by atoms with Crippen molar-refractivity contribution in [3.8, 4) is 0 Å². The number of nitrogens with one attached hydrogen (secondary N) is 1. The third kappa shape index (κ3) is 5.79. The number of piperidine rings is 2. The Hall–Kier alpha value is -0.160. The molecular weight excluding hydrogens is 491 g/mol. The van der Waals surface area contributed by atoms with Crippen LogP contribution in [0, 0.1) is 0 Å². The Morgan fingerprint density at radius 2 is 1.70 bits per heavy atom. The molecule has 1 N–H and O–H groups in total. The molecule has 0 aromatic heterocycles. The molecule has 0 spiro atoms. The van der Waals surface area contributed by atoms with Crippen molar-refractivity contribution >= 4 is 29.9 Å². The number of rotatable bonds is 4. The SMILES string of the molecule is CN=C(NCC1(N2CCCCC2)CCN(C)CC1)N1CCC(N2CCOCC2)C1.I. The summed E-state index contributed by atoms with van der Waals surface area (Å²) in [5.74, 6) is 1.11. The lowest BCUT2D eigenvalue weighted by atomic mass is 9.84. The minimum Gasteiger partial charge on any atom is -0.379 e. The van der Waals surface area contributed by atoms with E-state index in [-0.39, 0.29) is 24.0 Å². The van der Waals surface area contributed by atoms with Crippen molar-refractivity contribution in [2.75, 3.05) is 86.2 Å². The lowest BCUT2D eigenvalue weighted by Crippen LogP contribution is -2.62. The van der Waals surface area contributed by atoms with Crippen LogP contribution in [0.3, 0.4) is 0 Å². The highest BCUT2D eigenvalue weighted by Gasteiger charge is 2.40. The summed E-state index contributed by atoms with van der Waals surface area (Å²) in [4.78, 5) is 15.1. The molecule has 0 aliphatic carbocycles. The molecule has 0 bridgehead atoms. The van der Waals surface area contributed by atoms with Gasteiger partial charge >= 0.3 is 0 Å². The van der Waals surface area contributed by atoms with E-state index in [9.17, 15) is 0 Å². The highest BCUT2D eigenvalue weighted by molar-refractivity contribution is 14.0. The van der Waals surface area contributed by atoms with Crippen molar-refractivity contribution in [1.82, 2.24) is 24.9 Å². The van der Waals surface area contributed by atoms with Crippen molar-refractivity contribution in [2.45, 2.75) is 50.1 Å². The van der Waals surface area contributed by atoms with Crippen LogP contribution in [0.5, 0.6) is 0 Å². The van der Waals surface area contributed by atoms with Gasteiger partial charge in [0.2, 0.25) is 0 Å². The van der Waals surface area contributed by atoms with Gasteiger partial charge in [-0.15, -0.1) is 24.0 Å². The largest absolute Gasteiger partial charge is 0.379 e. The molecule has 4 aliphatic rings. The maximum absolute atomic E-state index is 5.54. The first kappa shape index (κ1) is 24.5. The summed E-state index contributed by atoms with van der Waals surface area (Å²) in [7, 11) is 4.22. The second kappa shape index (κ2) is 11.6. The van der Waals surface area contributed by atoms with Gasteiger partial charge in [0.1, 0.15) is 0 Å². The molecule has 1 unspecified atom stereocenters. The number of hydrogen-bond donors (Lipinski definition) is 1. The number of halogens is 1. The summed E-state index contributed by atoms with van der Waals surface area (Å²) < 4.78 is 5.54. The van der Waals surface area contributed by atoms with Crippen molar-refractivity contribution in [3.63, 3.8) is 0 Å². The van der Waals surface area contributed by atoms with E-state index in [1.54, 1.807) is 0 Å². The molecule has 0 aromatic rings. The number of hydrogen-bond acceptors (Lipinski definition) is 5. The Morgan fingerprint density at radius 1 is 1.00 bits per heavy atom. The molecule has 0 radical (unpaired) electrons. The molecule has 1 atom stereocenters. The topological polar surface area (TPSA) is 46.6 Å². The molecule has 7 nitrogen and oxygen atoms in total. The van der Waals surface area contributed by atoms with Crippen LogP contribution in [-0.2, 0) is 4.74 Å². The van der Waals surface area contributed by atoms with Crippen molar-refractivity contribution in [1.29, 1.82) is 0 Å². The molecule has 4 rings (SSSR count). The average molecular weight is 535 g/mol. The summed E-state index contributed by atoms with van der Waals surface area (Å²) in [6.07, 6.45) is 7.90. The number of morpholine rings is 1. The lowest BCUT2D eigenvalue weighted by molar-refractivity contribution is 0.0164. The van der Waals surface area contributed by atoms with Gasteiger partial charge in [0.15, 0.2) is 5.96 Å². The Bertz CT molecular complexity index is 542. The first-order valence-electron chi connectivity index (χ1n) is 11.9. The van der Waals surface area contributed by atoms with Gasteiger partial charge in [-0.2, -0.15) is 0 Å². The fourth-order valence-corrected chi connectivity index (χ4v) is 5.76. The molecular formula is C22H43IN6O. The highest BCUT2D eigenvalue weighted by Crippen LogP contribution is 2.31. The van der Waals surface area contributed by atoms with E-state index in [1.807, 2.05) is 7.05 Å². The maximum atomic E-state index is 5.54. The highest BCUT2D eigenvalue weighted by atomic mass is 127. The van der Waals surface area contributed by atoms with E-state index in [0.29, 0.717) is 11.6 Å². The zero-order chi connectivity index (χ0) is 20.1. The Kier molecular flexibility index (Phi) is 9.49. The van der Waals surface area contributed by atoms with Crippen LogP contribution < -0.4 is 5.32 Å². The minimum absolute atomic E-state index is 0. The van der Waals surface area contributed by atoms with Crippen LogP contribution in [0.15, 0.2) is 4.99 Å². The van der Waals surface area contributed by atoms with Crippen LogP contribution in [-0.4, -0.2) is 123 Å². The van der Waals surface area contributed by atoms with E-state index in [0.717, 1.165) is 51.9 Å². The van der Waals surface area contributed by atoms with Gasteiger partial charge in [-0.05, 0) is 65.3 Å². The predicted molar refractivity (Wildman–Crippen MR) is 134 cm³/mol. The van der Waals surface area contributed by atoms with Crippen molar-refractivity contribution < 1.29 is 4.74 Å². The van der Waals surface area contributed by atoms with Crippen LogP contribution in [0.2, 0.25) is 0 Å². The molecule has 4 aliphatic heterocycles. The number of aliphatic imine (C=N–C) groups is 1. The number of nitrogens with zero attached hydrogens (tertiary/aromatic N) is 5. The Morgan fingerprint density at radius 3 is 2.37 bits per heavy atom. The molecule has 0 aromatic carbocycles. The van der Waals surface area contributed by atoms with E-state index < -0.39 is 0 Å². The molecule has 174 valence electrons. The first-order valence-corrected chi connectivity index (χ1v) is 11.9. The summed E-state index contributed by atoms with van der Waals surface area (Å²) in [6, 6.07) is 0.650. The van der Waals surface area contributed by atoms with Crippen LogP contribution >= 0.6 is 24.0 Å². The third-order valence-electron chi connectivity index (χ3n) is 7.76. The zero-order valence-electron chi connectivity index (χ0n) is 19.2. The molecule has 0 saturated carbocycles. The molecule has 4 saturated heterocycles. The third-order valence-corrected chi connectivity index (χ3v) is 7.76. The first-order chi connectivity index (χ1) is 14.2. The number of likely N-dealkylation sites (tertiary alicyclic amines) is 3. The molecule has 4 heterocycles. The second-order valence-electron chi connectivity index (χ2n) is 9.51.